The molecule has 0 radical (unpaired) electrons. The molecule has 126 valence electrons. The van der Waals surface area contributed by atoms with Gasteiger partial charge >= 0.3 is 0 Å². The van der Waals surface area contributed by atoms with Gasteiger partial charge in [-0.3, -0.25) is 4.79 Å². The molecule has 1 N–H and O–H groups in total. The molecule has 3 rings (SSSR count). The minimum Gasteiger partial charge on any atom is -0.490 e. The van der Waals surface area contributed by atoms with E-state index in [0.29, 0.717) is 30.2 Å². The van der Waals surface area contributed by atoms with Crippen LogP contribution in [-0.4, -0.2) is 24.9 Å². The largest absolute Gasteiger partial charge is 0.490 e. The molecule has 1 aliphatic heterocycles. The Bertz CT molecular complexity index is 700. The fourth-order valence-electron chi connectivity index (χ4n) is 2.42. The van der Waals surface area contributed by atoms with Crippen LogP contribution in [0.3, 0.4) is 0 Å². The van der Waals surface area contributed by atoms with Crippen molar-refractivity contribution in [2.75, 3.05) is 24.3 Å². The van der Waals surface area contributed by atoms with Crippen LogP contribution in [0.25, 0.3) is 0 Å². The average Bonchev–Trinajstić information content (AvgIpc) is 2.85. The quantitative estimate of drug-likeness (QED) is 0.876. The van der Waals surface area contributed by atoms with Gasteiger partial charge in [0.15, 0.2) is 11.5 Å². The first-order valence-electron chi connectivity index (χ1n) is 8.14. The Morgan fingerprint density at radius 1 is 1.08 bits per heavy atom. The highest BCUT2D eigenvalue weighted by atomic mass is 32.2. The molecule has 2 aromatic carbocycles. The van der Waals surface area contributed by atoms with E-state index in [9.17, 15) is 4.79 Å². The molecule has 0 aliphatic carbocycles. The standard InChI is InChI=1S/C19H21NO3S/c1-2-24-13-14-4-6-15(7-5-14)19(21)20-16-8-9-17-18(12-16)23-11-3-10-22-17/h4-9,12H,2-3,10-11,13H2,1H3,(H,20,21). The zero-order valence-corrected chi connectivity index (χ0v) is 14.5. The number of anilines is 1. The summed E-state index contributed by atoms with van der Waals surface area (Å²) >= 11 is 1.87. The summed E-state index contributed by atoms with van der Waals surface area (Å²) in [5.74, 6) is 3.34. The van der Waals surface area contributed by atoms with Crippen LogP contribution in [0.15, 0.2) is 42.5 Å². The molecule has 1 aliphatic rings. The van der Waals surface area contributed by atoms with E-state index in [1.54, 1.807) is 0 Å². The third-order valence-electron chi connectivity index (χ3n) is 3.69. The second kappa shape index (κ2) is 8.11. The number of rotatable bonds is 5. The van der Waals surface area contributed by atoms with E-state index in [4.69, 9.17) is 9.47 Å². The van der Waals surface area contributed by atoms with Gasteiger partial charge in [-0.25, -0.2) is 0 Å². The third kappa shape index (κ3) is 4.23. The molecule has 1 heterocycles. The summed E-state index contributed by atoms with van der Waals surface area (Å²) in [6, 6.07) is 13.2. The van der Waals surface area contributed by atoms with Crippen molar-refractivity contribution in [1.29, 1.82) is 0 Å². The maximum Gasteiger partial charge on any atom is 0.255 e. The van der Waals surface area contributed by atoms with Gasteiger partial charge in [-0.15, -0.1) is 0 Å². The van der Waals surface area contributed by atoms with Crippen molar-refractivity contribution in [3.8, 4) is 11.5 Å². The molecule has 0 saturated carbocycles. The summed E-state index contributed by atoms with van der Waals surface area (Å²) in [5.41, 5.74) is 2.58. The Labute approximate surface area is 146 Å². The number of hydrogen-bond donors (Lipinski definition) is 1. The summed E-state index contributed by atoms with van der Waals surface area (Å²) in [6.45, 7) is 3.42. The number of carbonyl (C=O) groups is 1. The first kappa shape index (κ1) is 16.7. The van der Waals surface area contributed by atoms with E-state index in [0.717, 1.165) is 23.7 Å². The normalized spacial score (nSPS) is 13.2. The fourth-order valence-corrected chi connectivity index (χ4v) is 3.05. The predicted octanol–water partition coefficient (Wildman–Crippen LogP) is 4.35. The van der Waals surface area contributed by atoms with Crippen molar-refractivity contribution in [3.63, 3.8) is 0 Å². The van der Waals surface area contributed by atoms with Crippen molar-refractivity contribution in [2.24, 2.45) is 0 Å². The number of carbonyl (C=O) groups excluding carboxylic acids is 1. The lowest BCUT2D eigenvalue weighted by molar-refractivity contribution is 0.102. The molecule has 0 spiro atoms. The fraction of sp³-hybridized carbons (Fsp3) is 0.316. The van der Waals surface area contributed by atoms with Crippen LogP contribution in [-0.2, 0) is 5.75 Å². The molecule has 0 atom stereocenters. The summed E-state index contributed by atoms with van der Waals surface area (Å²) in [4.78, 5) is 12.4. The van der Waals surface area contributed by atoms with Crippen molar-refractivity contribution in [1.82, 2.24) is 0 Å². The molecule has 0 bridgehead atoms. The number of amides is 1. The summed E-state index contributed by atoms with van der Waals surface area (Å²) in [5, 5.41) is 2.91. The van der Waals surface area contributed by atoms with Gasteiger partial charge in [-0.1, -0.05) is 19.1 Å². The number of benzene rings is 2. The van der Waals surface area contributed by atoms with Crippen molar-refractivity contribution in [3.05, 3.63) is 53.6 Å². The molecule has 4 nitrogen and oxygen atoms in total. The number of fused-ring (bicyclic) bond motifs is 1. The Hall–Kier alpha value is -2.14. The number of hydrogen-bond acceptors (Lipinski definition) is 4. The van der Waals surface area contributed by atoms with Crippen LogP contribution in [0, 0.1) is 0 Å². The van der Waals surface area contributed by atoms with E-state index >= 15 is 0 Å². The monoisotopic (exact) mass is 343 g/mol. The minimum absolute atomic E-state index is 0.126. The lowest BCUT2D eigenvalue weighted by atomic mass is 10.1. The van der Waals surface area contributed by atoms with Crippen LogP contribution in [0.5, 0.6) is 11.5 Å². The first-order valence-corrected chi connectivity index (χ1v) is 9.29. The third-order valence-corrected chi connectivity index (χ3v) is 4.64. The highest BCUT2D eigenvalue weighted by molar-refractivity contribution is 7.98. The van der Waals surface area contributed by atoms with Gasteiger partial charge in [0.2, 0.25) is 0 Å². The second-order valence-corrected chi connectivity index (χ2v) is 6.77. The van der Waals surface area contributed by atoms with Crippen molar-refractivity contribution >= 4 is 23.4 Å². The highest BCUT2D eigenvalue weighted by Crippen LogP contribution is 2.32. The van der Waals surface area contributed by atoms with E-state index < -0.39 is 0 Å². The van der Waals surface area contributed by atoms with Crippen molar-refractivity contribution in [2.45, 2.75) is 19.1 Å². The summed E-state index contributed by atoms with van der Waals surface area (Å²) in [7, 11) is 0. The predicted molar refractivity (Wildman–Crippen MR) is 98.3 cm³/mol. The van der Waals surface area contributed by atoms with Gasteiger partial charge in [0.1, 0.15) is 0 Å². The lowest BCUT2D eigenvalue weighted by Crippen LogP contribution is -2.12. The minimum atomic E-state index is -0.126. The zero-order valence-electron chi connectivity index (χ0n) is 13.7. The van der Waals surface area contributed by atoms with Crippen molar-refractivity contribution < 1.29 is 14.3 Å². The molecule has 0 unspecified atom stereocenters. The van der Waals surface area contributed by atoms with Crippen LogP contribution in [0.1, 0.15) is 29.3 Å². The topological polar surface area (TPSA) is 47.6 Å². The molecule has 2 aromatic rings. The summed E-state index contributed by atoms with van der Waals surface area (Å²) < 4.78 is 11.2. The SMILES string of the molecule is CCSCc1ccc(C(=O)Nc2ccc3c(c2)OCCCO3)cc1. The molecular formula is C19H21NO3S. The van der Waals surface area contributed by atoms with Gasteiger partial charge in [0, 0.05) is 29.5 Å². The Morgan fingerprint density at radius 3 is 2.58 bits per heavy atom. The van der Waals surface area contributed by atoms with E-state index in [-0.39, 0.29) is 5.91 Å². The Balaban J connectivity index is 1.67. The molecule has 1 amide bonds. The Kier molecular flexibility index (Phi) is 5.64. The molecule has 24 heavy (non-hydrogen) atoms. The maximum atomic E-state index is 12.4. The van der Waals surface area contributed by atoms with Gasteiger partial charge in [0.05, 0.1) is 13.2 Å². The lowest BCUT2D eigenvalue weighted by Gasteiger charge is -2.10. The highest BCUT2D eigenvalue weighted by Gasteiger charge is 2.12. The number of ether oxygens (including phenoxy) is 2. The molecule has 0 aromatic heterocycles. The zero-order chi connectivity index (χ0) is 16.8. The molecule has 0 saturated heterocycles. The van der Waals surface area contributed by atoms with Gasteiger partial charge in [0.25, 0.3) is 5.91 Å². The molecule has 0 fully saturated rings. The van der Waals surface area contributed by atoms with E-state index in [1.807, 2.05) is 54.2 Å². The molecule has 5 heteroatoms. The Morgan fingerprint density at radius 2 is 1.83 bits per heavy atom. The van der Waals surface area contributed by atoms with Gasteiger partial charge in [-0.2, -0.15) is 11.8 Å². The average molecular weight is 343 g/mol. The summed E-state index contributed by atoms with van der Waals surface area (Å²) in [6.07, 6.45) is 0.860. The number of nitrogens with one attached hydrogen (secondary N) is 1. The van der Waals surface area contributed by atoms with E-state index in [2.05, 4.69) is 12.2 Å². The van der Waals surface area contributed by atoms with Gasteiger partial charge < -0.3 is 14.8 Å². The van der Waals surface area contributed by atoms with Gasteiger partial charge in [-0.05, 0) is 35.6 Å². The van der Waals surface area contributed by atoms with E-state index in [1.165, 1.54) is 5.56 Å². The van der Waals surface area contributed by atoms with Crippen LogP contribution >= 0.6 is 11.8 Å². The first-order chi connectivity index (χ1) is 11.8. The van der Waals surface area contributed by atoms with Crippen LogP contribution in [0.4, 0.5) is 5.69 Å². The van der Waals surface area contributed by atoms with Crippen LogP contribution in [0.2, 0.25) is 0 Å². The molecular weight excluding hydrogens is 322 g/mol. The number of thioether (sulfide) groups is 1. The maximum absolute atomic E-state index is 12.4. The smallest absolute Gasteiger partial charge is 0.255 e. The van der Waals surface area contributed by atoms with Crippen LogP contribution < -0.4 is 14.8 Å². The second-order valence-electron chi connectivity index (χ2n) is 5.50.